The Labute approximate surface area is 135 Å². The quantitative estimate of drug-likeness (QED) is 0.737. The fraction of sp³-hybridized carbons (Fsp3) is 0.632. The number of amides is 1. The average molecular weight is 304 g/mol. The van der Waals surface area contributed by atoms with Crippen LogP contribution in [0.2, 0.25) is 0 Å². The molecule has 0 aliphatic heterocycles. The van der Waals surface area contributed by atoms with E-state index >= 15 is 0 Å². The third-order valence-electron chi connectivity index (χ3n) is 4.93. The second kappa shape index (κ2) is 6.72. The molecule has 1 atom stereocenters. The maximum Gasteiger partial charge on any atom is 0.279 e. The first-order valence-corrected chi connectivity index (χ1v) is 8.12. The molecule has 1 unspecified atom stereocenters. The minimum atomic E-state index is -0.739. The van der Waals surface area contributed by atoms with Crippen LogP contribution in [0.1, 0.15) is 72.4 Å². The molecule has 0 aromatic heterocycles. The van der Waals surface area contributed by atoms with Crippen molar-refractivity contribution in [2.75, 3.05) is 0 Å². The second-order valence-corrected chi connectivity index (χ2v) is 7.31. The highest BCUT2D eigenvalue weighted by atomic mass is 16.5. The molecule has 123 valence electrons. The first kappa shape index (κ1) is 18.5. The molecule has 0 spiro atoms. The number of hydrogen-bond acceptors (Lipinski definition) is 2. The third-order valence-corrected chi connectivity index (χ3v) is 4.93. The lowest BCUT2D eigenvalue weighted by Gasteiger charge is -2.31. The van der Waals surface area contributed by atoms with Crippen molar-refractivity contribution in [1.82, 2.24) is 5.73 Å². The molecule has 0 saturated heterocycles. The lowest BCUT2D eigenvalue weighted by atomic mass is 9.76. The van der Waals surface area contributed by atoms with Crippen LogP contribution in [0.4, 0.5) is 0 Å². The van der Waals surface area contributed by atoms with Crippen molar-refractivity contribution < 1.29 is 9.53 Å². The monoisotopic (exact) mass is 304 g/mol. The summed E-state index contributed by atoms with van der Waals surface area (Å²) in [5.41, 5.74) is 9.67. The van der Waals surface area contributed by atoms with Gasteiger partial charge in [0, 0.05) is 5.56 Å². The van der Waals surface area contributed by atoms with Gasteiger partial charge < -0.3 is 4.74 Å². The van der Waals surface area contributed by atoms with E-state index in [0.717, 1.165) is 24.2 Å². The molecular formula is C19H30NO2. The van der Waals surface area contributed by atoms with Gasteiger partial charge in [0.05, 0.1) is 0 Å². The minimum absolute atomic E-state index is 0.0417. The maximum atomic E-state index is 11.2. The largest absolute Gasteiger partial charge is 0.481 e. The molecule has 0 heterocycles. The van der Waals surface area contributed by atoms with Crippen molar-refractivity contribution in [2.45, 2.75) is 78.2 Å². The van der Waals surface area contributed by atoms with Crippen molar-refractivity contribution in [3.63, 3.8) is 0 Å². The Bertz CT molecular complexity index is 532. The van der Waals surface area contributed by atoms with Crippen LogP contribution in [-0.2, 0) is 15.6 Å². The molecule has 3 nitrogen and oxygen atoms in total. The SMILES string of the molecule is CCC(C)(C)c1ccc(OC(C)C([NH])=O)c(C(C)(C)CC)c1. The van der Waals surface area contributed by atoms with Crippen LogP contribution < -0.4 is 10.5 Å². The smallest absolute Gasteiger partial charge is 0.279 e. The fourth-order valence-corrected chi connectivity index (χ4v) is 2.22. The molecule has 1 aromatic carbocycles. The first-order valence-electron chi connectivity index (χ1n) is 8.12. The Morgan fingerprint density at radius 1 is 1.14 bits per heavy atom. The maximum absolute atomic E-state index is 11.2. The first-order chi connectivity index (χ1) is 10.0. The molecule has 1 aromatic rings. The van der Waals surface area contributed by atoms with E-state index in [9.17, 15) is 4.79 Å². The van der Waals surface area contributed by atoms with E-state index in [1.54, 1.807) is 6.92 Å². The van der Waals surface area contributed by atoms with Crippen molar-refractivity contribution in [3.8, 4) is 5.75 Å². The molecule has 0 aliphatic carbocycles. The van der Waals surface area contributed by atoms with Gasteiger partial charge >= 0.3 is 0 Å². The molecular weight excluding hydrogens is 274 g/mol. The summed E-state index contributed by atoms with van der Waals surface area (Å²) in [6.45, 7) is 14.8. The van der Waals surface area contributed by atoms with Crippen LogP contribution in [0, 0.1) is 0 Å². The highest BCUT2D eigenvalue weighted by Crippen LogP contribution is 2.38. The van der Waals surface area contributed by atoms with Gasteiger partial charge in [0.1, 0.15) is 5.75 Å². The lowest BCUT2D eigenvalue weighted by molar-refractivity contribution is -0.124. The molecule has 1 amide bonds. The zero-order valence-electron chi connectivity index (χ0n) is 15.0. The number of rotatable bonds is 7. The number of carbonyl (C=O) groups excluding carboxylic acids is 1. The Kier molecular flexibility index (Phi) is 5.66. The highest BCUT2D eigenvalue weighted by molar-refractivity contribution is 5.78. The number of benzene rings is 1. The Balaban J connectivity index is 3.36. The van der Waals surface area contributed by atoms with E-state index in [1.165, 1.54) is 5.56 Å². The molecule has 0 bridgehead atoms. The van der Waals surface area contributed by atoms with Crippen LogP contribution in [0.3, 0.4) is 0 Å². The zero-order valence-corrected chi connectivity index (χ0v) is 15.0. The van der Waals surface area contributed by atoms with Crippen LogP contribution in [-0.4, -0.2) is 12.0 Å². The molecule has 1 rings (SSSR count). The summed E-state index contributed by atoms with van der Waals surface area (Å²) in [6, 6.07) is 6.25. The van der Waals surface area contributed by atoms with E-state index in [1.807, 2.05) is 6.07 Å². The molecule has 0 aliphatic rings. The van der Waals surface area contributed by atoms with Gasteiger partial charge in [0.25, 0.3) is 5.91 Å². The number of hydrogen-bond donors (Lipinski definition) is 0. The average Bonchev–Trinajstić information content (AvgIpc) is 2.47. The minimum Gasteiger partial charge on any atom is -0.481 e. The van der Waals surface area contributed by atoms with E-state index in [2.05, 4.69) is 53.7 Å². The summed E-state index contributed by atoms with van der Waals surface area (Å²) >= 11 is 0. The third kappa shape index (κ3) is 4.02. The number of nitrogens with one attached hydrogen (secondary N) is 1. The Hall–Kier alpha value is -1.51. The summed E-state index contributed by atoms with van der Waals surface area (Å²) in [5.74, 6) is 0.0221. The predicted molar refractivity (Wildman–Crippen MR) is 91.3 cm³/mol. The van der Waals surface area contributed by atoms with Gasteiger partial charge in [-0.15, -0.1) is 0 Å². The van der Waals surface area contributed by atoms with Gasteiger partial charge in [0.15, 0.2) is 6.10 Å². The van der Waals surface area contributed by atoms with Crippen molar-refractivity contribution in [3.05, 3.63) is 29.3 Å². The van der Waals surface area contributed by atoms with Crippen molar-refractivity contribution in [2.24, 2.45) is 0 Å². The molecule has 0 saturated carbocycles. The molecule has 0 fully saturated rings. The zero-order chi connectivity index (χ0) is 17.1. The summed E-state index contributed by atoms with van der Waals surface area (Å²) in [4.78, 5) is 11.2. The van der Waals surface area contributed by atoms with Crippen molar-refractivity contribution >= 4 is 5.91 Å². The van der Waals surface area contributed by atoms with Gasteiger partial charge in [-0.3, -0.25) is 10.5 Å². The van der Waals surface area contributed by atoms with E-state index < -0.39 is 12.0 Å². The van der Waals surface area contributed by atoms with E-state index in [4.69, 9.17) is 10.5 Å². The van der Waals surface area contributed by atoms with Crippen LogP contribution in [0.15, 0.2) is 18.2 Å². The highest BCUT2D eigenvalue weighted by Gasteiger charge is 2.27. The fourth-order valence-electron chi connectivity index (χ4n) is 2.22. The summed E-state index contributed by atoms with van der Waals surface area (Å²) < 4.78 is 5.76. The predicted octanol–water partition coefficient (Wildman–Crippen LogP) is 4.64. The normalized spacial score (nSPS) is 13.8. The van der Waals surface area contributed by atoms with Crippen molar-refractivity contribution in [1.29, 1.82) is 0 Å². The molecule has 22 heavy (non-hydrogen) atoms. The Morgan fingerprint density at radius 3 is 2.14 bits per heavy atom. The topological polar surface area (TPSA) is 50.1 Å². The number of carbonyl (C=O) groups is 1. The summed E-state index contributed by atoms with van der Waals surface area (Å²) in [7, 11) is 0. The Morgan fingerprint density at radius 2 is 1.68 bits per heavy atom. The molecule has 3 heteroatoms. The molecule has 1 radical (unpaired) electrons. The summed E-state index contributed by atoms with van der Waals surface area (Å²) in [6.07, 6.45) is 1.29. The van der Waals surface area contributed by atoms with E-state index in [-0.39, 0.29) is 10.8 Å². The van der Waals surface area contributed by atoms with Gasteiger partial charge in [-0.1, -0.05) is 53.7 Å². The van der Waals surface area contributed by atoms with Gasteiger partial charge in [0.2, 0.25) is 0 Å². The molecule has 1 N–H and O–H groups in total. The summed E-state index contributed by atoms with van der Waals surface area (Å²) in [5, 5.41) is 0. The second-order valence-electron chi connectivity index (χ2n) is 7.31. The lowest BCUT2D eigenvalue weighted by Crippen LogP contribution is -2.27. The number of ether oxygens (including phenoxy) is 1. The van der Waals surface area contributed by atoms with E-state index in [0.29, 0.717) is 0 Å². The van der Waals surface area contributed by atoms with Gasteiger partial charge in [-0.05, 0) is 42.2 Å². The van der Waals surface area contributed by atoms with Crippen LogP contribution in [0.5, 0.6) is 5.75 Å². The van der Waals surface area contributed by atoms with Crippen LogP contribution in [0.25, 0.3) is 0 Å². The van der Waals surface area contributed by atoms with Gasteiger partial charge in [-0.2, -0.15) is 0 Å². The van der Waals surface area contributed by atoms with Gasteiger partial charge in [-0.25, -0.2) is 0 Å². The van der Waals surface area contributed by atoms with Crippen LogP contribution >= 0.6 is 0 Å². The standard InChI is InChI=1S/C19H30NO2/c1-8-18(4,5)14-10-11-16(22-13(3)17(20)21)15(12-14)19(6,7)9-2/h10-13,20H,8-9H2,1-7H3.